The third-order valence-electron chi connectivity index (χ3n) is 6.47. The Bertz CT molecular complexity index is 1320. The van der Waals surface area contributed by atoms with Crippen molar-refractivity contribution in [2.24, 2.45) is 5.92 Å². The summed E-state index contributed by atoms with van der Waals surface area (Å²) < 4.78 is 10.8. The summed E-state index contributed by atoms with van der Waals surface area (Å²) in [5, 5.41) is 22.0. The average Bonchev–Trinajstić information content (AvgIpc) is 2.95. The van der Waals surface area contributed by atoms with Gasteiger partial charge in [-0.1, -0.05) is 90.3 Å². The summed E-state index contributed by atoms with van der Waals surface area (Å²) in [6.07, 6.45) is 0.215. The molecule has 40 heavy (non-hydrogen) atoms. The van der Waals surface area contributed by atoms with Crippen molar-refractivity contribution in [3.05, 3.63) is 94.7 Å². The van der Waals surface area contributed by atoms with Crippen molar-refractivity contribution >= 4 is 58.4 Å². The number of aromatic carboxylic acids is 1. The van der Waals surface area contributed by atoms with E-state index >= 15 is 0 Å². The number of aromatic nitrogens is 1. The van der Waals surface area contributed by atoms with Crippen LogP contribution in [0.25, 0.3) is 0 Å². The van der Waals surface area contributed by atoms with Crippen molar-refractivity contribution in [3.63, 3.8) is 0 Å². The predicted molar refractivity (Wildman–Crippen MR) is 153 cm³/mol. The molecule has 3 aromatic rings. The van der Waals surface area contributed by atoms with Gasteiger partial charge in [-0.3, -0.25) is 4.79 Å². The first-order valence-corrected chi connectivity index (χ1v) is 14.4. The topological polar surface area (TPSA) is 118 Å². The van der Waals surface area contributed by atoms with Crippen LogP contribution in [0.1, 0.15) is 51.9 Å². The molecule has 1 aliphatic heterocycles. The van der Waals surface area contributed by atoms with E-state index in [2.05, 4.69) is 10.3 Å². The highest BCUT2D eigenvalue weighted by Gasteiger charge is 2.38. The Kier molecular flexibility index (Phi) is 10.3. The molecule has 1 saturated heterocycles. The largest absolute Gasteiger partial charge is 0.478 e. The molecule has 4 atom stereocenters. The molecule has 0 bridgehead atoms. The van der Waals surface area contributed by atoms with Gasteiger partial charge in [0, 0.05) is 30.0 Å². The Morgan fingerprint density at radius 3 is 2.27 bits per heavy atom. The van der Waals surface area contributed by atoms with Gasteiger partial charge in [-0.05, 0) is 28.8 Å². The van der Waals surface area contributed by atoms with Gasteiger partial charge in [0.1, 0.15) is 5.03 Å². The van der Waals surface area contributed by atoms with E-state index < -0.39 is 22.0 Å². The highest BCUT2D eigenvalue weighted by atomic mass is 35.6. The highest BCUT2D eigenvalue weighted by Crippen LogP contribution is 2.43. The SMILES string of the molecule is C[C@H]1[C@@H](CSc2ncccc2C(=O)O)O[C@@H](c2ccc(CNC(=O)C(Cl)(Cl)Cl)cc2)O[C@H]1c1ccc(CO)cc1. The van der Waals surface area contributed by atoms with Gasteiger partial charge in [0.25, 0.3) is 9.70 Å². The second-order valence-corrected chi connectivity index (χ2v) is 12.5. The second kappa shape index (κ2) is 13.5. The number of hydrogen-bond donors (Lipinski definition) is 3. The molecule has 12 heteroatoms. The number of hydrogen-bond acceptors (Lipinski definition) is 7. The molecule has 0 saturated carbocycles. The molecule has 1 aliphatic rings. The lowest BCUT2D eigenvalue weighted by atomic mass is 9.91. The average molecular weight is 626 g/mol. The van der Waals surface area contributed by atoms with Gasteiger partial charge in [-0.2, -0.15) is 0 Å². The molecule has 1 aromatic heterocycles. The monoisotopic (exact) mass is 624 g/mol. The summed E-state index contributed by atoms with van der Waals surface area (Å²) >= 11 is 18.2. The van der Waals surface area contributed by atoms with Crippen molar-refractivity contribution in [2.45, 2.75) is 47.4 Å². The fourth-order valence-electron chi connectivity index (χ4n) is 4.21. The number of benzene rings is 2. The Labute approximate surface area is 250 Å². The van der Waals surface area contributed by atoms with E-state index in [4.69, 9.17) is 44.3 Å². The minimum absolute atomic E-state index is 0.0587. The van der Waals surface area contributed by atoms with Gasteiger partial charge in [0.2, 0.25) is 0 Å². The molecule has 0 radical (unpaired) electrons. The van der Waals surface area contributed by atoms with Gasteiger partial charge in [0.05, 0.1) is 24.4 Å². The van der Waals surface area contributed by atoms with Crippen LogP contribution in [0.2, 0.25) is 0 Å². The molecular weight excluding hydrogens is 599 g/mol. The predicted octanol–water partition coefficient (Wildman–Crippen LogP) is 5.84. The van der Waals surface area contributed by atoms with Crippen LogP contribution in [-0.2, 0) is 27.4 Å². The van der Waals surface area contributed by atoms with Crippen LogP contribution < -0.4 is 5.32 Å². The van der Waals surface area contributed by atoms with E-state index in [0.29, 0.717) is 10.8 Å². The Hall–Kier alpha value is -2.37. The first kappa shape index (κ1) is 30.6. The lowest BCUT2D eigenvalue weighted by Crippen LogP contribution is -2.38. The minimum atomic E-state index is -2.04. The Morgan fingerprint density at radius 1 is 1.00 bits per heavy atom. The van der Waals surface area contributed by atoms with Crippen molar-refractivity contribution in [2.75, 3.05) is 5.75 Å². The Balaban J connectivity index is 1.54. The maximum Gasteiger partial charge on any atom is 0.338 e. The normalized spacial score (nSPS) is 21.1. The highest BCUT2D eigenvalue weighted by molar-refractivity contribution is 7.99. The van der Waals surface area contributed by atoms with Gasteiger partial charge in [0.15, 0.2) is 6.29 Å². The van der Waals surface area contributed by atoms with Crippen molar-refractivity contribution in [3.8, 4) is 0 Å². The Morgan fingerprint density at radius 2 is 1.65 bits per heavy atom. The van der Waals surface area contributed by atoms with Crippen LogP contribution in [0.5, 0.6) is 0 Å². The number of aliphatic hydroxyl groups excluding tert-OH is 1. The van der Waals surface area contributed by atoms with Crippen molar-refractivity contribution in [1.82, 2.24) is 10.3 Å². The van der Waals surface area contributed by atoms with E-state index in [-0.39, 0.29) is 36.8 Å². The molecule has 2 heterocycles. The molecule has 2 aromatic carbocycles. The molecule has 212 valence electrons. The first-order valence-electron chi connectivity index (χ1n) is 12.3. The zero-order valence-corrected chi connectivity index (χ0v) is 24.4. The fraction of sp³-hybridized carbons (Fsp3) is 0.321. The number of carbonyl (C=O) groups is 2. The lowest BCUT2D eigenvalue weighted by molar-refractivity contribution is -0.268. The van der Waals surface area contributed by atoms with E-state index in [1.165, 1.54) is 17.8 Å². The van der Waals surface area contributed by atoms with Crippen LogP contribution in [0.3, 0.4) is 0 Å². The molecule has 1 fully saturated rings. The molecule has 0 unspecified atom stereocenters. The van der Waals surface area contributed by atoms with E-state index in [0.717, 1.165) is 22.3 Å². The maximum atomic E-state index is 11.9. The summed E-state index contributed by atoms with van der Waals surface area (Å²) in [5.41, 5.74) is 3.41. The number of rotatable bonds is 9. The summed E-state index contributed by atoms with van der Waals surface area (Å²) in [6, 6.07) is 18.0. The van der Waals surface area contributed by atoms with Gasteiger partial charge < -0.3 is 25.0 Å². The molecule has 0 aliphatic carbocycles. The van der Waals surface area contributed by atoms with Gasteiger partial charge >= 0.3 is 5.97 Å². The number of ether oxygens (including phenoxy) is 2. The van der Waals surface area contributed by atoms with Crippen LogP contribution >= 0.6 is 46.6 Å². The van der Waals surface area contributed by atoms with Gasteiger partial charge in [-0.25, -0.2) is 9.78 Å². The van der Waals surface area contributed by atoms with E-state index in [9.17, 15) is 19.8 Å². The third-order valence-corrected chi connectivity index (χ3v) is 8.08. The molecular formula is C28H27Cl3N2O6S. The van der Waals surface area contributed by atoms with Crippen molar-refractivity contribution < 1.29 is 29.3 Å². The number of nitrogens with zero attached hydrogens (tertiary/aromatic N) is 1. The maximum absolute atomic E-state index is 11.9. The molecule has 8 nitrogen and oxygen atoms in total. The number of amides is 1. The second-order valence-electron chi connectivity index (χ2n) is 9.22. The number of alkyl halides is 3. The van der Waals surface area contributed by atoms with E-state index in [1.807, 2.05) is 55.5 Å². The van der Waals surface area contributed by atoms with Crippen LogP contribution in [0, 0.1) is 5.92 Å². The number of thioether (sulfide) groups is 1. The number of carboxylic acids is 1. The standard InChI is InChI=1S/C28H27Cl3N2O6S/c1-16-22(15-40-24-21(25(35)36)3-2-12-32-24)38-26(39-23(16)19-8-6-18(14-34)7-9-19)20-10-4-17(5-11-20)13-33-27(37)28(29,30)31/h2-12,16,22-23,26,34H,13-15H2,1H3,(H,33,37)(H,35,36)/t16-,22+,23+,26+/m0/s1. The van der Waals surface area contributed by atoms with E-state index in [1.54, 1.807) is 12.3 Å². The smallest absolute Gasteiger partial charge is 0.338 e. The number of aliphatic hydroxyl groups is 1. The third kappa shape index (κ3) is 7.67. The summed E-state index contributed by atoms with van der Waals surface area (Å²) in [6.45, 7) is 2.14. The van der Waals surface area contributed by atoms with Gasteiger partial charge in [-0.15, -0.1) is 11.8 Å². The van der Waals surface area contributed by atoms with Crippen LogP contribution in [0.4, 0.5) is 0 Å². The summed E-state index contributed by atoms with van der Waals surface area (Å²) in [4.78, 5) is 27.8. The van der Waals surface area contributed by atoms with Crippen LogP contribution in [-0.4, -0.2) is 42.7 Å². The minimum Gasteiger partial charge on any atom is -0.478 e. The number of carboxylic acid groups (broad SMARTS) is 1. The first-order chi connectivity index (χ1) is 19.1. The lowest BCUT2D eigenvalue weighted by Gasteiger charge is -2.41. The zero-order valence-electron chi connectivity index (χ0n) is 21.3. The zero-order chi connectivity index (χ0) is 28.9. The number of pyridine rings is 1. The van der Waals surface area contributed by atoms with Crippen molar-refractivity contribution in [1.29, 1.82) is 0 Å². The fourth-order valence-corrected chi connectivity index (χ4v) is 5.57. The molecule has 3 N–H and O–H groups in total. The molecule has 4 rings (SSSR count). The van der Waals surface area contributed by atoms with Crippen LogP contribution in [0.15, 0.2) is 71.9 Å². The number of nitrogens with one attached hydrogen (secondary N) is 1. The quantitative estimate of drug-likeness (QED) is 0.201. The number of carbonyl (C=O) groups excluding carboxylic acids is 1. The summed E-state index contributed by atoms with van der Waals surface area (Å²) in [5.74, 6) is -1.40. The number of halogens is 3. The molecule has 0 spiro atoms. The summed E-state index contributed by atoms with van der Waals surface area (Å²) in [7, 11) is 0. The molecule has 1 amide bonds.